The fraction of sp³-hybridized carbons (Fsp3) is 0.688. The standard InChI is InChI=1S/C16H19F3N4O5S/c17-16(18,19)14(27)22-15-20-8-7-29-9(13(8)21-15)3-1-2-4-12(26)28-23-10(24)5-6-11(23)25/h8-9,13H,1-7H2,(H2,20,21,22,27)/t8?,9-,13-/m0/s1. The maximum Gasteiger partial charge on any atom is 0.473 e. The predicted octanol–water partition coefficient (Wildman–Crippen LogP) is 0.644. The van der Waals surface area contributed by atoms with E-state index in [4.69, 9.17) is 4.84 Å². The highest BCUT2D eigenvalue weighted by atomic mass is 32.2. The van der Waals surface area contributed by atoms with Crippen molar-refractivity contribution in [1.82, 2.24) is 15.7 Å². The number of carbonyl (C=O) groups is 4. The highest BCUT2D eigenvalue weighted by molar-refractivity contribution is 8.00. The molecule has 3 atom stereocenters. The topological polar surface area (TPSA) is 117 Å². The average Bonchev–Trinajstić information content (AvgIpc) is 3.29. The lowest BCUT2D eigenvalue weighted by Crippen LogP contribution is -2.37. The summed E-state index contributed by atoms with van der Waals surface area (Å²) in [7, 11) is 0. The number of fused-ring (bicyclic) bond motifs is 1. The number of hydrogen-bond donors (Lipinski definition) is 2. The van der Waals surface area contributed by atoms with Gasteiger partial charge in [-0.05, 0) is 12.8 Å². The zero-order valence-electron chi connectivity index (χ0n) is 15.2. The van der Waals surface area contributed by atoms with E-state index in [1.807, 2.05) is 0 Å². The van der Waals surface area contributed by atoms with E-state index in [-0.39, 0.29) is 42.6 Å². The van der Waals surface area contributed by atoms with Gasteiger partial charge in [0.05, 0.1) is 12.1 Å². The number of nitrogens with one attached hydrogen (secondary N) is 2. The maximum atomic E-state index is 12.3. The second-order valence-corrected chi connectivity index (χ2v) is 8.12. The average molecular weight is 436 g/mol. The highest BCUT2D eigenvalue weighted by Gasteiger charge is 2.44. The van der Waals surface area contributed by atoms with Crippen molar-refractivity contribution < 1.29 is 37.2 Å². The van der Waals surface area contributed by atoms with Crippen LogP contribution < -0.4 is 10.6 Å². The molecule has 3 aliphatic heterocycles. The molecule has 0 aliphatic carbocycles. The number of guanidine groups is 1. The molecule has 0 aromatic carbocycles. The SMILES string of the molecule is O=C(CCCC[C@@H]1SCC2N/C(=N/C(=O)C(F)(F)F)N[C@@H]21)ON1C(=O)CCC1=O. The number of carbonyl (C=O) groups excluding carboxylic acids is 4. The second-order valence-electron chi connectivity index (χ2n) is 6.85. The maximum absolute atomic E-state index is 12.3. The lowest BCUT2D eigenvalue weighted by atomic mass is 10.0. The monoisotopic (exact) mass is 436 g/mol. The van der Waals surface area contributed by atoms with Crippen LogP contribution in [0.4, 0.5) is 13.2 Å². The minimum absolute atomic E-state index is 0.0362. The molecule has 9 nitrogen and oxygen atoms in total. The number of rotatable bonds is 6. The van der Waals surface area contributed by atoms with E-state index in [1.54, 1.807) is 11.8 Å². The number of unbranched alkanes of at least 4 members (excludes halogenated alkanes) is 1. The van der Waals surface area contributed by atoms with Gasteiger partial charge >= 0.3 is 18.1 Å². The third-order valence-electron chi connectivity index (χ3n) is 4.72. The molecule has 3 heterocycles. The van der Waals surface area contributed by atoms with Gasteiger partial charge in [0.2, 0.25) is 0 Å². The smallest absolute Gasteiger partial charge is 0.350 e. The third kappa shape index (κ3) is 5.19. The summed E-state index contributed by atoms with van der Waals surface area (Å²) in [5.41, 5.74) is 0. The van der Waals surface area contributed by atoms with Crippen LogP contribution in [0.25, 0.3) is 0 Å². The van der Waals surface area contributed by atoms with E-state index in [9.17, 15) is 32.3 Å². The number of thioether (sulfide) groups is 1. The van der Waals surface area contributed by atoms with Gasteiger partial charge in [0.25, 0.3) is 11.8 Å². The van der Waals surface area contributed by atoms with Crippen LogP contribution in [0.15, 0.2) is 4.99 Å². The fourth-order valence-corrected chi connectivity index (χ4v) is 4.85. The molecule has 0 aromatic rings. The van der Waals surface area contributed by atoms with Crippen LogP contribution in [0.2, 0.25) is 0 Å². The van der Waals surface area contributed by atoms with Crippen LogP contribution in [-0.2, 0) is 24.0 Å². The fourth-order valence-electron chi connectivity index (χ4n) is 3.31. The Bertz CT molecular complexity index is 729. The number of imide groups is 1. The zero-order chi connectivity index (χ0) is 21.2. The summed E-state index contributed by atoms with van der Waals surface area (Å²) in [6, 6.07) is -0.284. The van der Waals surface area contributed by atoms with Crippen LogP contribution in [0.5, 0.6) is 0 Å². The molecule has 29 heavy (non-hydrogen) atoms. The first-order valence-electron chi connectivity index (χ1n) is 9.06. The quantitative estimate of drug-likeness (QED) is 0.460. The summed E-state index contributed by atoms with van der Waals surface area (Å²) in [6.07, 6.45) is -3.08. The number of halogens is 3. The molecule has 3 aliphatic rings. The van der Waals surface area contributed by atoms with Gasteiger partial charge in [0.15, 0.2) is 5.96 Å². The molecular formula is C16H19F3N4O5S. The minimum Gasteiger partial charge on any atom is -0.350 e. The Balaban J connectivity index is 1.39. The minimum atomic E-state index is -5.01. The van der Waals surface area contributed by atoms with E-state index in [2.05, 4.69) is 15.6 Å². The molecular weight excluding hydrogens is 417 g/mol. The van der Waals surface area contributed by atoms with Crippen LogP contribution in [0, 0.1) is 0 Å². The number of alkyl halides is 3. The molecule has 3 amide bonds. The van der Waals surface area contributed by atoms with Crippen molar-refractivity contribution in [2.24, 2.45) is 4.99 Å². The predicted molar refractivity (Wildman–Crippen MR) is 94.2 cm³/mol. The Morgan fingerprint density at radius 3 is 2.52 bits per heavy atom. The summed E-state index contributed by atoms with van der Waals surface area (Å²) in [6.45, 7) is 0. The summed E-state index contributed by atoms with van der Waals surface area (Å²) < 4.78 is 37.0. The Labute approximate surface area is 167 Å². The molecule has 3 fully saturated rings. The van der Waals surface area contributed by atoms with Crippen molar-refractivity contribution in [3.63, 3.8) is 0 Å². The Kier molecular flexibility index (Phi) is 6.34. The summed E-state index contributed by atoms with van der Waals surface area (Å²) in [5, 5.41) is 6.23. The van der Waals surface area contributed by atoms with E-state index < -0.39 is 29.9 Å². The van der Waals surface area contributed by atoms with Gasteiger partial charge < -0.3 is 15.5 Å². The van der Waals surface area contributed by atoms with Gasteiger partial charge in [-0.1, -0.05) is 6.42 Å². The molecule has 3 saturated heterocycles. The first kappa shape index (κ1) is 21.4. The Hall–Kier alpha value is -2.31. The van der Waals surface area contributed by atoms with Gasteiger partial charge in [0, 0.05) is 30.3 Å². The van der Waals surface area contributed by atoms with Gasteiger partial charge in [0.1, 0.15) is 0 Å². The second kappa shape index (κ2) is 8.59. The molecule has 3 rings (SSSR count). The number of hydroxylamine groups is 2. The van der Waals surface area contributed by atoms with Crippen molar-refractivity contribution >= 4 is 41.4 Å². The molecule has 0 radical (unpaired) electrons. The molecule has 160 valence electrons. The third-order valence-corrected chi connectivity index (χ3v) is 6.23. The zero-order valence-corrected chi connectivity index (χ0v) is 16.0. The van der Waals surface area contributed by atoms with Crippen LogP contribution in [0.3, 0.4) is 0 Å². The van der Waals surface area contributed by atoms with Gasteiger partial charge in [-0.25, -0.2) is 4.79 Å². The van der Waals surface area contributed by atoms with Crippen LogP contribution in [0.1, 0.15) is 38.5 Å². The summed E-state index contributed by atoms with van der Waals surface area (Å²) >= 11 is 1.65. The number of hydrogen-bond acceptors (Lipinski definition) is 6. The normalized spacial score (nSPS) is 27.8. The summed E-state index contributed by atoms with van der Waals surface area (Å²) in [5.74, 6) is -3.40. The molecule has 0 spiro atoms. The first-order chi connectivity index (χ1) is 13.6. The molecule has 0 saturated carbocycles. The van der Waals surface area contributed by atoms with Gasteiger partial charge in [-0.3, -0.25) is 14.4 Å². The van der Waals surface area contributed by atoms with E-state index in [0.717, 1.165) is 0 Å². The lowest BCUT2D eigenvalue weighted by molar-refractivity contribution is -0.197. The largest absolute Gasteiger partial charge is 0.473 e. The summed E-state index contributed by atoms with van der Waals surface area (Å²) in [4.78, 5) is 53.4. The molecule has 1 unspecified atom stereocenters. The number of nitrogens with zero attached hydrogens (tertiary/aromatic N) is 2. The lowest BCUT2D eigenvalue weighted by Gasteiger charge is -2.17. The molecule has 0 bridgehead atoms. The van der Waals surface area contributed by atoms with Crippen molar-refractivity contribution in [2.45, 2.75) is 62.0 Å². The first-order valence-corrected chi connectivity index (χ1v) is 10.1. The Morgan fingerprint density at radius 1 is 1.17 bits per heavy atom. The number of amides is 3. The van der Waals surface area contributed by atoms with E-state index >= 15 is 0 Å². The molecule has 13 heteroatoms. The molecule has 0 aromatic heterocycles. The highest BCUT2D eigenvalue weighted by Crippen LogP contribution is 2.33. The van der Waals surface area contributed by atoms with Crippen LogP contribution in [-0.4, -0.2) is 64.0 Å². The van der Waals surface area contributed by atoms with Crippen LogP contribution >= 0.6 is 11.8 Å². The van der Waals surface area contributed by atoms with Gasteiger partial charge in [-0.15, -0.1) is 5.06 Å². The van der Waals surface area contributed by atoms with Crippen molar-refractivity contribution in [2.75, 3.05) is 5.75 Å². The van der Waals surface area contributed by atoms with E-state index in [1.165, 1.54) is 0 Å². The van der Waals surface area contributed by atoms with Crippen molar-refractivity contribution in [3.05, 3.63) is 0 Å². The van der Waals surface area contributed by atoms with Crippen molar-refractivity contribution in [1.29, 1.82) is 0 Å². The Morgan fingerprint density at radius 2 is 1.86 bits per heavy atom. The van der Waals surface area contributed by atoms with Crippen molar-refractivity contribution in [3.8, 4) is 0 Å². The van der Waals surface area contributed by atoms with Gasteiger partial charge in [-0.2, -0.15) is 29.9 Å². The van der Waals surface area contributed by atoms with E-state index in [0.29, 0.717) is 30.1 Å². The molecule has 2 N–H and O–H groups in total. The number of aliphatic imine (C=N–C) groups is 1.